The van der Waals surface area contributed by atoms with Gasteiger partial charge in [-0.3, -0.25) is 4.79 Å². The maximum Gasteiger partial charge on any atom is 0.315 e. The van der Waals surface area contributed by atoms with Crippen LogP contribution in [0.4, 0.5) is 4.79 Å². The van der Waals surface area contributed by atoms with Crippen molar-refractivity contribution in [1.29, 1.82) is 0 Å². The summed E-state index contributed by atoms with van der Waals surface area (Å²) in [7, 11) is 1.60. The number of urea groups is 1. The van der Waals surface area contributed by atoms with Crippen molar-refractivity contribution in [2.75, 3.05) is 20.2 Å². The molecule has 0 saturated carbocycles. The Balaban J connectivity index is 1.86. The second-order valence-corrected chi connectivity index (χ2v) is 4.29. The third-order valence-corrected chi connectivity index (χ3v) is 3.01. The van der Waals surface area contributed by atoms with Crippen LogP contribution in [0.25, 0.3) is 0 Å². The van der Waals surface area contributed by atoms with Gasteiger partial charge in [-0.25, -0.2) is 4.79 Å². The third-order valence-electron chi connectivity index (χ3n) is 3.01. The minimum Gasteiger partial charge on any atom is -0.375 e. The monoisotopic (exact) mass is 263 g/mol. The highest BCUT2D eigenvalue weighted by Crippen LogP contribution is 2.14. The van der Waals surface area contributed by atoms with Gasteiger partial charge in [0.05, 0.1) is 6.10 Å². The first-order chi connectivity index (χ1) is 9.20. The number of hydrogen-bond acceptors (Lipinski definition) is 3. The van der Waals surface area contributed by atoms with E-state index in [1.165, 1.54) is 0 Å². The molecule has 1 saturated heterocycles. The van der Waals surface area contributed by atoms with Crippen molar-refractivity contribution in [3.05, 3.63) is 35.9 Å². The van der Waals surface area contributed by atoms with E-state index >= 15 is 0 Å². The first-order valence-corrected chi connectivity index (χ1v) is 6.10. The molecule has 0 aliphatic carbocycles. The zero-order valence-corrected chi connectivity index (χ0v) is 10.7. The molecule has 19 heavy (non-hydrogen) atoms. The van der Waals surface area contributed by atoms with Crippen LogP contribution in [0, 0.1) is 0 Å². The Morgan fingerprint density at radius 3 is 2.79 bits per heavy atom. The number of ether oxygens (including phenoxy) is 1. The Labute approximate surface area is 111 Å². The minimum absolute atomic E-state index is 0.199. The number of rotatable bonds is 5. The molecule has 0 radical (unpaired) electrons. The van der Waals surface area contributed by atoms with Gasteiger partial charge in [0.25, 0.3) is 0 Å². The summed E-state index contributed by atoms with van der Waals surface area (Å²) in [5.74, 6) is -0.212. The average molecular weight is 263 g/mol. The topological polar surface area (TPSA) is 79.5 Å². The maximum atomic E-state index is 11.8. The number of methoxy groups -OCH3 is 1. The molecule has 6 heteroatoms. The van der Waals surface area contributed by atoms with Crippen LogP contribution in [0.2, 0.25) is 0 Å². The Morgan fingerprint density at radius 1 is 1.47 bits per heavy atom. The van der Waals surface area contributed by atoms with Gasteiger partial charge in [0.15, 0.2) is 0 Å². The van der Waals surface area contributed by atoms with E-state index in [1.807, 2.05) is 30.3 Å². The summed E-state index contributed by atoms with van der Waals surface area (Å²) >= 11 is 0. The van der Waals surface area contributed by atoms with Gasteiger partial charge in [-0.05, 0) is 5.56 Å². The van der Waals surface area contributed by atoms with Crippen LogP contribution in [0.5, 0.6) is 0 Å². The Hall–Kier alpha value is -2.08. The van der Waals surface area contributed by atoms with Crippen molar-refractivity contribution < 1.29 is 14.3 Å². The predicted octanol–water partition coefficient (Wildman–Crippen LogP) is 0.172. The molecule has 0 unspecified atom stereocenters. The first kappa shape index (κ1) is 13.4. The molecule has 1 aromatic carbocycles. The van der Waals surface area contributed by atoms with Crippen LogP contribution in [-0.4, -0.2) is 38.2 Å². The lowest BCUT2D eigenvalue weighted by atomic mass is 10.1. The Kier molecular flexibility index (Phi) is 4.35. The Bertz CT molecular complexity index is 450. The van der Waals surface area contributed by atoms with E-state index in [0.29, 0.717) is 13.1 Å². The summed E-state index contributed by atoms with van der Waals surface area (Å²) in [5.41, 5.74) is 0.999. The second-order valence-electron chi connectivity index (χ2n) is 4.29. The van der Waals surface area contributed by atoms with Gasteiger partial charge in [-0.2, -0.15) is 0 Å². The minimum atomic E-state index is -0.513. The summed E-state index contributed by atoms with van der Waals surface area (Å²) in [4.78, 5) is 22.8. The van der Waals surface area contributed by atoms with Crippen molar-refractivity contribution in [2.24, 2.45) is 0 Å². The molecule has 1 aromatic rings. The van der Waals surface area contributed by atoms with Crippen molar-refractivity contribution >= 4 is 11.9 Å². The van der Waals surface area contributed by atoms with Gasteiger partial charge in [-0.15, -0.1) is 0 Å². The third kappa shape index (κ3) is 3.45. The molecule has 102 valence electrons. The predicted molar refractivity (Wildman–Crippen MR) is 69.5 cm³/mol. The van der Waals surface area contributed by atoms with E-state index in [-0.39, 0.29) is 18.0 Å². The van der Waals surface area contributed by atoms with Crippen molar-refractivity contribution in [3.63, 3.8) is 0 Å². The molecule has 2 atom stereocenters. The molecule has 0 bridgehead atoms. The fourth-order valence-electron chi connectivity index (χ4n) is 1.93. The summed E-state index contributed by atoms with van der Waals surface area (Å²) < 4.78 is 5.35. The molecule has 2 rings (SSSR count). The maximum absolute atomic E-state index is 11.8. The second kappa shape index (κ2) is 6.19. The molecule has 1 fully saturated rings. The fourth-order valence-corrected chi connectivity index (χ4v) is 1.93. The Morgan fingerprint density at radius 2 is 2.21 bits per heavy atom. The summed E-state index contributed by atoms with van der Waals surface area (Å²) in [6.45, 7) is 0.680. The quantitative estimate of drug-likeness (QED) is 0.708. The van der Waals surface area contributed by atoms with Gasteiger partial charge in [0, 0.05) is 20.2 Å². The summed E-state index contributed by atoms with van der Waals surface area (Å²) in [6, 6.07) is 8.83. The fraction of sp³-hybridized carbons (Fsp3) is 0.385. The van der Waals surface area contributed by atoms with E-state index < -0.39 is 6.04 Å². The standard InChI is InChI=1S/C13H17N3O3/c1-19-11(9-5-3-2-4-6-9)8-14-12(17)10-7-15-13(18)16-10/h2-6,10-11H,7-8H2,1H3,(H,14,17)(H2,15,16,18)/t10-,11-/m1/s1. The van der Waals surface area contributed by atoms with Gasteiger partial charge in [0.1, 0.15) is 6.04 Å². The molecule has 0 aromatic heterocycles. The number of amides is 3. The van der Waals surface area contributed by atoms with Gasteiger partial charge < -0.3 is 20.7 Å². The lowest BCUT2D eigenvalue weighted by Gasteiger charge is -2.17. The molecule has 3 N–H and O–H groups in total. The van der Waals surface area contributed by atoms with Crippen LogP contribution in [0.3, 0.4) is 0 Å². The molecule has 1 heterocycles. The van der Waals surface area contributed by atoms with E-state index in [4.69, 9.17) is 4.74 Å². The van der Waals surface area contributed by atoms with E-state index in [2.05, 4.69) is 16.0 Å². The number of hydrogen-bond donors (Lipinski definition) is 3. The molecule has 6 nitrogen and oxygen atoms in total. The molecule has 3 amide bonds. The smallest absolute Gasteiger partial charge is 0.315 e. The van der Waals surface area contributed by atoms with Crippen molar-refractivity contribution in [3.8, 4) is 0 Å². The average Bonchev–Trinajstić information content (AvgIpc) is 2.87. The van der Waals surface area contributed by atoms with Gasteiger partial charge in [-0.1, -0.05) is 30.3 Å². The van der Waals surface area contributed by atoms with Crippen LogP contribution >= 0.6 is 0 Å². The van der Waals surface area contributed by atoms with Crippen LogP contribution in [0.15, 0.2) is 30.3 Å². The largest absolute Gasteiger partial charge is 0.375 e. The molecule has 1 aliphatic rings. The number of nitrogens with one attached hydrogen (secondary N) is 3. The van der Waals surface area contributed by atoms with E-state index in [1.54, 1.807) is 7.11 Å². The lowest BCUT2D eigenvalue weighted by Crippen LogP contribution is -2.44. The zero-order chi connectivity index (χ0) is 13.7. The highest BCUT2D eigenvalue weighted by atomic mass is 16.5. The van der Waals surface area contributed by atoms with E-state index in [0.717, 1.165) is 5.56 Å². The van der Waals surface area contributed by atoms with Crippen molar-refractivity contribution in [1.82, 2.24) is 16.0 Å². The van der Waals surface area contributed by atoms with Crippen molar-refractivity contribution in [2.45, 2.75) is 12.1 Å². The SMILES string of the molecule is CO[C@H](CNC(=O)[C@H]1CNC(=O)N1)c1ccccc1. The highest BCUT2D eigenvalue weighted by Gasteiger charge is 2.26. The molecule has 1 aliphatic heterocycles. The first-order valence-electron chi connectivity index (χ1n) is 6.10. The van der Waals surface area contributed by atoms with Crippen LogP contribution < -0.4 is 16.0 Å². The summed E-state index contributed by atoms with van der Waals surface area (Å²) in [5, 5.41) is 7.85. The number of carbonyl (C=O) groups is 2. The summed E-state index contributed by atoms with van der Waals surface area (Å²) in [6.07, 6.45) is -0.199. The van der Waals surface area contributed by atoms with Crippen LogP contribution in [-0.2, 0) is 9.53 Å². The molecular weight excluding hydrogens is 246 g/mol. The number of benzene rings is 1. The zero-order valence-electron chi connectivity index (χ0n) is 10.7. The highest BCUT2D eigenvalue weighted by molar-refractivity contribution is 5.90. The normalized spacial score (nSPS) is 19.4. The molecular formula is C13H17N3O3. The van der Waals surface area contributed by atoms with Crippen LogP contribution in [0.1, 0.15) is 11.7 Å². The molecule has 0 spiro atoms. The number of carbonyl (C=O) groups excluding carboxylic acids is 2. The lowest BCUT2D eigenvalue weighted by molar-refractivity contribution is -0.123. The van der Waals surface area contributed by atoms with Gasteiger partial charge in [0.2, 0.25) is 5.91 Å². The van der Waals surface area contributed by atoms with E-state index in [9.17, 15) is 9.59 Å². The van der Waals surface area contributed by atoms with Gasteiger partial charge >= 0.3 is 6.03 Å².